The lowest BCUT2D eigenvalue weighted by atomic mass is 9.80. The summed E-state index contributed by atoms with van der Waals surface area (Å²) in [4.78, 5) is 4.74. The third-order valence-corrected chi connectivity index (χ3v) is 4.99. The van der Waals surface area contributed by atoms with Crippen molar-refractivity contribution in [2.24, 2.45) is 11.8 Å². The number of hydrazine groups is 1. The Morgan fingerprint density at radius 2 is 2.10 bits per heavy atom. The van der Waals surface area contributed by atoms with Gasteiger partial charge < -0.3 is 0 Å². The third kappa shape index (κ3) is 3.26. The van der Waals surface area contributed by atoms with Gasteiger partial charge in [0.15, 0.2) is 0 Å². The van der Waals surface area contributed by atoms with E-state index in [9.17, 15) is 0 Å². The second-order valence-corrected chi connectivity index (χ2v) is 6.54. The van der Waals surface area contributed by atoms with E-state index < -0.39 is 0 Å². The van der Waals surface area contributed by atoms with Crippen molar-refractivity contribution >= 4 is 11.3 Å². The number of nitrogens with zero attached hydrogens (tertiary/aromatic N) is 1. The molecule has 1 saturated carbocycles. The maximum atomic E-state index is 5.69. The molecule has 20 heavy (non-hydrogen) atoms. The molecule has 0 spiro atoms. The molecule has 0 radical (unpaired) electrons. The minimum Gasteiger partial charge on any atom is -0.271 e. The van der Waals surface area contributed by atoms with Crippen LogP contribution in [-0.4, -0.2) is 11.0 Å². The highest BCUT2D eigenvalue weighted by atomic mass is 32.1. The zero-order valence-corrected chi connectivity index (χ0v) is 12.4. The van der Waals surface area contributed by atoms with E-state index in [1.807, 2.05) is 6.07 Å². The molecule has 1 unspecified atom stereocenters. The summed E-state index contributed by atoms with van der Waals surface area (Å²) >= 11 is 1.73. The van der Waals surface area contributed by atoms with Gasteiger partial charge in [-0.2, -0.15) is 0 Å². The van der Waals surface area contributed by atoms with Gasteiger partial charge in [0, 0.05) is 23.4 Å². The third-order valence-electron chi connectivity index (χ3n) is 4.12. The first-order valence-corrected chi connectivity index (χ1v) is 8.19. The molecule has 1 heterocycles. The predicted molar refractivity (Wildman–Crippen MR) is 84.3 cm³/mol. The fourth-order valence-electron chi connectivity index (χ4n) is 2.70. The van der Waals surface area contributed by atoms with Crippen LogP contribution in [0.3, 0.4) is 0 Å². The van der Waals surface area contributed by atoms with Gasteiger partial charge in [-0.1, -0.05) is 49.6 Å². The second-order valence-electron chi connectivity index (χ2n) is 5.59. The summed E-state index contributed by atoms with van der Waals surface area (Å²) in [6.45, 7) is 0. The van der Waals surface area contributed by atoms with E-state index in [1.165, 1.54) is 36.3 Å². The minimum atomic E-state index is 0.357. The molecule has 106 valence electrons. The van der Waals surface area contributed by atoms with Crippen LogP contribution in [0.15, 0.2) is 35.7 Å². The highest BCUT2D eigenvalue weighted by molar-refractivity contribution is 7.09. The zero-order chi connectivity index (χ0) is 13.8. The van der Waals surface area contributed by atoms with Gasteiger partial charge in [-0.3, -0.25) is 11.3 Å². The van der Waals surface area contributed by atoms with Gasteiger partial charge in [-0.05, 0) is 12.3 Å². The molecular weight excluding hydrogens is 266 g/mol. The van der Waals surface area contributed by atoms with Crippen LogP contribution in [0.2, 0.25) is 0 Å². The van der Waals surface area contributed by atoms with Crippen molar-refractivity contribution < 1.29 is 0 Å². The van der Waals surface area contributed by atoms with E-state index in [1.54, 1.807) is 11.3 Å². The maximum absolute atomic E-state index is 5.69. The molecule has 3 N–H and O–H groups in total. The maximum Gasteiger partial charge on any atom is 0.0948 e. The van der Waals surface area contributed by atoms with Gasteiger partial charge in [0.05, 0.1) is 10.7 Å². The Balaban J connectivity index is 1.63. The Morgan fingerprint density at radius 1 is 1.30 bits per heavy atom. The molecule has 0 saturated heterocycles. The Bertz CT molecular complexity index is 534. The van der Waals surface area contributed by atoms with Gasteiger partial charge in [0.2, 0.25) is 0 Å². The topological polar surface area (TPSA) is 50.9 Å². The zero-order valence-electron chi connectivity index (χ0n) is 11.6. The molecule has 3 rings (SSSR count). The SMILES string of the molecule is NNC(Cc1nc(-c2ccccc2)cs1)CC1CCC1. The van der Waals surface area contributed by atoms with Crippen LogP contribution in [0.4, 0.5) is 0 Å². The van der Waals surface area contributed by atoms with Crippen LogP contribution in [-0.2, 0) is 6.42 Å². The summed E-state index contributed by atoms with van der Waals surface area (Å²) in [7, 11) is 0. The molecule has 1 atom stereocenters. The summed E-state index contributed by atoms with van der Waals surface area (Å²) in [6.07, 6.45) is 6.23. The number of rotatable bonds is 6. The van der Waals surface area contributed by atoms with Crippen molar-refractivity contribution in [3.63, 3.8) is 0 Å². The quantitative estimate of drug-likeness (QED) is 0.632. The Kier molecular flexibility index (Phi) is 4.45. The van der Waals surface area contributed by atoms with E-state index in [4.69, 9.17) is 10.8 Å². The minimum absolute atomic E-state index is 0.357. The van der Waals surface area contributed by atoms with Crippen LogP contribution >= 0.6 is 11.3 Å². The van der Waals surface area contributed by atoms with Crippen molar-refractivity contribution in [2.45, 2.75) is 38.1 Å². The highest BCUT2D eigenvalue weighted by Crippen LogP contribution is 2.31. The van der Waals surface area contributed by atoms with Crippen molar-refractivity contribution in [1.82, 2.24) is 10.4 Å². The summed E-state index contributed by atoms with van der Waals surface area (Å²) < 4.78 is 0. The summed E-state index contributed by atoms with van der Waals surface area (Å²) in [5.41, 5.74) is 5.23. The van der Waals surface area contributed by atoms with Crippen LogP contribution in [0, 0.1) is 5.92 Å². The van der Waals surface area contributed by atoms with Gasteiger partial charge >= 0.3 is 0 Å². The standard InChI is InChI=1S/C16H21N3S/c17-19-14(9-12-5-4-6-12)10-16-18-15(11-20-16)13-7-2-1-3-8-13/h1-3,7-8,11-12,14,19H,4-6,9-10,17H2. The average Bonchev–Trinajstić information content (AvgIpc) is 2.91. The van der Waals surface area contributed by atoms with E-state index >= 15 is 0 Å². The first-order chi connectivity index (χ1) is 9.85. The molecule has 4 heteroatoms. The van der Waals surface area contributed by atoms with Gasteiger partial charge in [-0.15, -0.1) is 11.3 Å². The summed E-state index contributed by atoms with van der Waals surface area (Å²) in [6, 6.07) is 10.7. The number of nitrogens with one attached hydrogen (secondary N) is 1. The van der Waals surface area contributed by atoms with E-state index in [2.05, 4.69) is 35.1 Å². The van der Waals surface area contributed by atoms with Crippen molar-refractivity contribution in [2.75, 3.05) is 0 Å². The fourth-order valence-corrected chi connectivity index (χ4v) is 3.58. The Labute approximate surface area is 124 Å². The molecule has 1 aliphatic rings. The number of benzene rings is 1. The van der Waals surface area contributed by atoms with E-state index in [0.717, 1.165) is 18.0 Å². The first-order valence-electron chi connectivity index (χ1n) is 7.31. The number of aromatic nitrogens is 1. The lowest BCUT2D eigenvalue weighted by molar-refractivity contribution is 0.259. The second kappa shape index (κ2) is 6.48. The van der Waals surface area contributed by atoms with Gasteiger partial charge in [0.25, 0.3) is 0 Å². The lowest BCUT2D eigenvalue weighted by Gasteiger charge is -2.29. The van der Waals surface area contributed by atoms with Crippen LogP contribution in [0.1, 0.15) is 30.7 Å². The number of hydrogen-bond donors (Lipinski definition) is 2. The Hall–Kier alpha value is -1.23. The molecule has 0 aliphatic heterocycles. The van der Waals surface area contributed by atoms with Crippen LogP contribution in [0.25, 0.3) is 11.3 Å². The molecule has 0 bridgehead atoms. The fraction of sp³-hybridized carbons (Fsp3) is 0.438. The molecule has 1 aromatic heterocycles. The molecule has 1 fully saturated rings. The smallest absolute Gasteiger partial charge is 0.0948 e. The lowest BCUT2D eigenvalue weighted by Crippen LogP contribution is -2.39. The number of hydrogen-bond acceptors (Lipinski definition) is 4. The molecular formula is C16H21N3S. The predicted octanol–water partition coefficient (Wildman–Crippen LogP) is 3.37. The molecule has 1 aromatic carbocycles. The summed E-state index contributed by atoms with van der Waals surface area (Å²) in [5, 5.41) is 3.31. The molecule has 0 amide bonds. The highest BCUT2D eigenvalue weighted by Gasteiger charge is 2.22. The molecule has 2 aromatic rings. The van der Waals surface area contributed by atoms with Crippen LogP contribution < -0.4 is 11.3 Å². The van der Waals surface area contributed by atoms with Crippen molar-refractivity contribution in [3.05, 3.63) is 40.7 Å². The van der Waals surface area contributed by atoms with Gasteiger partial charge in [0.1, 0.15) is 0 Å². The van der Waals surface area contributed by atoms with E-state index in [0.29, 0.717) is 6.04 Å². The molecule has 3 nitrogen and oxygen atoms in total. The monoisotopic (exact) mass is 287 g/mol. The number of nitrogens with two attached hydrogens (primary N) is 1. The van der Waals surface area contributed by atoms with Crippen molar-refractivity contribution in [3.8, 4) is 11.3 Å². The average molecular weight is 287 g/mol. The van der Waals surface area contributed by atoms with Crippen LogP contribution in [0.5, 0.6) is 0 Å². The molecule has 1 aliphatic carbocycles. The normalized spacial score (nSPS) is 16.9. The van der Waals surface area contributed by atoms with Gasteiger partial charge in [-0.25, -0.2) is 4.98 Å². The first kappa shape index (κ1) is 13.7. The summed E-state index contributed by atoms with van der Waals surface area (Å²) in [5.74, 6) is 6.56. The largest absolute Gasteiger partial charge is 0.271 e. The van der Waals surface area contributed by atoms with E-state index in [-0.39, 0.29) is 0 Å². The Morgan fingerprint density at radius 3 is 2.75 bits per heavy atom. The van der Waals surface area contributed by atoms with Crippen molar-refractivity contribution in [1.29, 1.82) is 0 Å². The number of thiazole rings is 1.